The van der Waals surface area contributed by atoms with Crippen LogP contribution in [0.25, 0.3) is 0 Å². The van der Waals surface area contributed by atoms with E-state index in [4.69, 9.17) is 5.11 Å². The number of aliphatic hydroxyl groups excluding tert-OH is 1. The third-order valence-corrected chi connectivity index (χ3v) is 3.41. The van der Waals surface area contributed by atoms with Crippen LogP contribution in [0.4, 0.5) is 4.79 Å². The van der Waals surface area contributed by atoms with Gasteiger partial charge in [-0.1, -0.05) is 0 Å². The Morgan fingerprint density at radius 1 is 1.11 bits per heavy atom. The molecule has 1 aliphatic carbocycles. The average Bonchev–Trinajstić information content (AvgIpc) is 3.15. The zero-order valence-electron chi connectivity index (χ0n) is 11.1. The summed E-state index contributed by atoms with van der Waals surface area (Å²) in [7, 11) is 0. The highest BCUT2D eigenvalue weighted by Crippen LogP contribution is 2.18. The van der Waals surface area contributed by atoms with E-state index >= 15 is 0 Å². The SMILES string of the molecule is O=C(CN1CCN(CCO)CC1)NC(=O)NC1CC1. The Kier molecular flexibility index (Phi) is 5.12. The van der Waals surface area contributed by atoms with E-state index in [2.05, 4.69) is 15.5 Å². The minimum Gasteiger partial charge on any atom is -0.395 e. The number of rotatable bonds is 5. The van der Waals surface area contributed by atoms with Gasteiger partial charge in [0.15, 0.2) is 0 Å². The van der Waals surface area contributed by atoms with Crippen LogP contribution in [0.3, 0.4) is 0 Å². The van der Waals surface area contributed by atoms with Crippen LogP contribution >= 0.6 is 0 Å². The molecule has 2 rings (SSSR count). The summed E-state index contributed by atoms with van der Waals surface area (Å²) < 4.78 is 0. The van der Waals surface area contributed by atoms with E-state index in [9.17, 15) is 9.59 Å². The van der Waals surface area contributed by atoms with Crippen LogP contribution in [-0.4, -0.2) is 78.8 Å². The summed E-state index contributed by atoms with van der Waals surface area (Å²) in [6.45, 7) is 4.39. The molecule has 0 aromatic carbocycles. The van der Waals surface area contributed by atoms with Gasteiger partial charge in [-0.15, -0.1) is 0 Å². The van der Waals surface area contributed by atoms with Crippen molar-refractivity contribution in [3.8, 4) is 0 Å². The number of nitrogens with one attached hydrogen (secondary N) is 2. The van der Waals surface area contributed by atoms with Crippen molar-refractivity contribution >= 4 is 11.9 Å². The number of amides is 3. The summed E-state index contributed by atoms with van der Waals surface area (Å²) in [6, 6.07) is -0.124. The van der Waals surface area contributed by atoms with Crippen molar-refractivity contribution in [3.63, 3.8) is 0 Å². The van der Waals surface area contributed by atoms with Crippen LogP contribution in [0, 0.1) is 0 Å². The lowest BCUT2D eigenvalue weighted by Gasteiger charge is -2.33. The second-order valence-electron chi connectivity index (χ2n) is 5.14. The number of urea groups is 1. The van der Waals surface area contributed by atoms with Gasteiger partial charge in [0, 0.05) is 38.8 Å². The molecule has 19 heavy (non-hydrogen) atoms. The first kappa shape index (κ1) is 14.2. The van der Waals surface area contributed by atoms with E-state index in [0.29, 0.717) is 6.54 Å². The van der Waals surface area contributed by atoms with Gasteiger partial charge in [0.25, 0.3) is 0 Å². The fourth-order valence-corrected chi connectivity index (χ4v) is 2.13. The molecular formula is C12H22N4O3. The molecule has 0 spiro atoms. The number of aliphatic hydroxyl groups is 1. The molecule has 1 heterocycles. The molecular weight excluding hydrogens is 248 g/mol. The smallest absolute Gasteiger partial charge is 0.321 e. The number of hydrogen-bond acceptors (Lipinski definition) is 5. The maximum Gasteiger partial charge on any atom is 0.321 e. The first-order valence-corrected chi connectivity index (χ1v) is 6.83. The van der Waals surface area contributed by atoms with Crippen molar-refractivity contribution in [1.82, 2.24) is 20.4 Å². The lowest BCUT2D eigenvalue weighted by molar-refractivity contribution is -0.121. The Bertz CT molecular complexity index is 325. The van der Waals surface area contributed by atoms with Crippen LogP contribution < -0.4 is 10.6 Å². The van der Waals surface area contributed by atoms with Crippen molar-refractivity contribution in [2.45, 2.75) is 18.9 Å². The highest BCUT2D eigenvalue weighted by Gasteiger charge is 2.24. The monoisotopic (exact) mass is 270 g/mol. The molecule has 0 radical (unpaired) electrons. The van der Waals surface area contributed by atoms with E-state index in [-0.39, 0.29) is 31.1 Å². The molecule has 0 bridgehead atoms. The molecule has 2 fully saturated rings. The summed E-state index contributed by atoms with van der Waals surface area (Å²) in [4.78, 5) is 27.2. The lowest BCUT2D eigenvalue weighted by Crippen LogP contribution is -2.51. The van der Waals surface area contributed by atoms with Gasteiger partial charge in [0.1, 0.15) is 0 Å². The summed E-state index contributed by atoms with van der Waals surface area (Å²) in [5, 5.41) is 13.9. The van der Waals surface area contributed by atoms with Crippen molar-refractivity contribution in [2.75, 3.05) is 45.9 Å². The Hall–Kier alpha value is -1.18. The third-order valence-electron chi connectivity index (χ3n) is 3.41. The second kappa shape index (κ2) is 6.83. The molecule has 0 aromatic heterocycles. The molecule has 1 saturated carbocycles. The summed E-state index contributed by atoms with van der Waals surface area (Å²) >= 11 is 0. The number of nitrogens with zero attached hydrogens (tertiary/aromatic N) is 2. The van der Waals surface area contributed by atoms with Gasteiger partial charge in [0.2, 0.25) is 5.91 Å². The lowest BCUT2D eigenvalue weighted by atomic mass is 10.3. The highest BCUT2D eigenvalue weighted by molar-refractivity contribution is 5.95. The van der Waals surface area contributed by atoms with Crippen LogP contribution in [0.15, 0.2) is 0 Å². The Labute approximate surface area is 112 Å². The van der Waals surface area contributed by atoms with Crippen molar-refractivity contribution in [3.05, 3.63) is 0 Å². The van der Waals surface area contributed by atoms with E-state index in [1.165, 1.54) is 0 Å². The van der Waals surface area contributed by atoms with Gasteiger partial charge < -0.3 is 10.4 Å². The topological polar surface area (TPSA) is 84.9 Å². The summed E-state index contributed by atoms with van der Waals surface area (Å²) in [5.41, 5.74) is 0. The Balaban J connectivity index is 1.61. The van der Waals surface area contributed by atoms with Crippen LogP contribution in [0.5, 0.6) is 0 Å². The molecule has 108 valence electrons. The van der Waals surface area contributed by atoms with E-state index in [1.54, 1.807) is 0 Å². The average molecular weight is 270 g/mol. The van der Waals surface area contributed by atoms with Gasteiger partial charge in [-0.05, 0) is 12.8 Å². The first-order chi connectivity index (χ1) is 9.17. The molecule has 1 saturated heterocycles. The minimum absolute atomic E-state index is 0.168. The number of carbonyl (C=O) groups excluding carboxylic acids is 2. The standard InChI is InChI=1S/C12H22N4O3/c17-8-7-15-3-5-16(6-4-15)9-11(18)14-12(19)13-10-1-2-10/h10,17H,1-9H2,(H2,13,14,18,19). The number of hydrogen-bond donors (Lipinski definition) is 3. The number of imide groups is 1. The molecule has 7 heteroatoms. The fourth-order valence-electron chi connectivity index (χ4n) is 2.13. The normalized spacial score (nSPS) is 21.1. The van der Waals surface area contributed by atoms with Crippen molar-refractivity contribution < 1.29 is 14.7 Å². The third kappa shape index (κ3) is 5.14. The molecule has 0 unspecified atom stereocenters. The second-order valence-corrected chi connectivity index (χ2v) is 5.14. The minimum atomic E-state index is -0.383. The highest BCUT2D eigenvalue weighted by atomic mass is 16.3. The predicted molar refractivity (Wildman–Crippen MR) is 69.7 cm³/mol. The molecule has 7 nitrogen and oxygen atoms in total. The maximum atomic E-state index is 11.7. The van der Waals surface area contributed by atoms with Gasteiger partial charge >= 0.3 is 6.03 Å². The Morgan fingerprint density at radius 3 is 2.32 bits per heavy atom. The van der Waals surface area contributed by atoms with E-state index in [1.807, 2.05) is 4.90 Å². The van der Waals surface area contributed by atoms with Crippen molar-refractivity contribution in [1.29, 1.82) is 0 Å². The largest absolute Gasteiger partial charge is 0.395 e. The molecule has 3 N–H and O–H groups in total. The predicted octanol–water partition coefficient (Wildman–Crippen LogP) is -1.42. The van der Waals surface area contributed by atoms with Crippen LogP contribution in [-0.2, 0) is 4.79 Å². The quantitative estimate of drug-likeness (QED) is 0.571. The Morgan fingerprint density at radius 2 is 1.74 bits per heavy atom. The van der Waals surface area contributed by atoms with Crippen LogP contribution in [0.2, 0.25) is 0 Å². The molecule has 0 aromatic rings. The zero-order chi connectivity index (χ0) is 13.7. The van der Waals surface area contributed by atoms with Crippen molar-refractivity contribution in [2.24, 2.45) is 0 Å². The molecule has 2 aliphatic rings. The summed E-state index contributed by atoms with van der Waals surface area (Å²) in [6.07, 6.45) is 2.02. The van der Waals surface area contributed by atoms with Gasteiger partial charge in [-0.3, -0.25) is 19.9 Å². The summed E-state index contributed by atoms with van der Waals surface area (Å²) in [5.74, 6) is -0.256. The van der Waals surface area contributed by atoms with E-state index in [0.717, 1.165) is 39.0 Å². The zero-order valence-corrected chi connectivity index (χ0v) is 11.1. The first-order valence-electron chi connectivity index (χ1n) is 6.83. The number of carbonyl (C=O) groups is 2. The number of piperazine rings is 1. The maximum absolute atomic E-state index is 11.7. The van der Waals surface area contributed by atoms with Crippen LogP contribution in [0.1, 0.15) is 12.8 Å². The van der Waals surface area contributed by atoms with Gasteiger partial charge in [-0.2, -0.15) is 0 Å². The molecule has 1 aliphatic heterocycles. The molecule has 0 atom stereocenters. The fraction of sp³-hybridized carbons (Fsp3) is 0.833. The van der Waals surface area contributed by atoms with Gasteiger partial charge in [-0.25, -0.2) is 4.79 Å². The van der Waals surface area contributed by atoms with Gasteiger partial charge in [0.05, 0.1) is 13.2 Å². The van der Waals surface area contributed by atoms with E-state index < -0.39 is 0 Å². The molecule has 3 amide bonds. The number of β-amino-alcohol motifs (C(OH)–C–C–N with tert-alkyl or cyclic N) is 1.